The molecule has 5 heteroatoms. The lowest BCUT2D eigenvalue weighted by Gasteiger charge is -2.23. The Labute approximate surface area is 112 Å². The molecule has 1 aromatic heterocycles. The van der Waals surface area contributed by atoms with Crippen LogP contribution < -0.4 is 10.6 Å². The van der Waals surface area contributed by atoms with E-state index in [0.717, 1.165) is 31.1 Å². The summed E-state index contributed by atoms with van der Waals surface area (Å²) in [7, 11) is 0. The van der Waals surface area contributed by atoms with Crippen molar-refractivity contribution in [1.29, 1.82) is 5.41 Å². The zero-order valence-corrected chi connectivity index (χ0v) is 11.8. The van der Waals surface area contributed by atoms with Gasteiger partial charge < -0.3 is 10.6 Å². The van der Waals surface area contributed by atoms with Crippen molar-refractivity contribution in [1.82, 2.24) is 4.98 Å². The number of thioether (sulfide) groups is 1. The van der Waals surface area contributed by atoms with Gasteiger partial charge >= 0.3 is 0 Å². The van der Waals surface area contributed by atoms with Crippen LogP contribution >= 0.6 is 11.8 Å². The van der Waals surface area contributed by atoms with Crippen molar-refractivity contribution in [2.45, 2.75) is 25.0 Å². The lowest BCUT2D eigenvalue weighted by molar-refractivity contribution is 0.635. The average Bonchev–Trinajstić information content (AvgIpc) is 2.50. The van der Waals surface area contributed by atoms with Crippen LogP contribution in [0.4, 0.5) is 5.82 Å². The Kier molecular flexibility index (Phi) is 3.80. The molecule has 0 amide bonds. The Hall–Kier alpha value is -1.23. The first-order chi connectivity index (χ1) is 8.48. The summed E-state index contributed by atoms with van der Waals surface area (Å²) < 4.78 is 0.355. The van der Waals surface area contributed by atoms with E-state index in [1.54, 1.807) is 6.20 Å². The number of nitrogens with zero attached hydrogens (tertiary/aromatic N) is 2. The first-order valence-corrected chi connectivity index (χ1v) is 7.16. The number of hydrogen-bond donors (Lipinski definition) is 2. The van der Waals surface area contributed by atoms with Gasteiger partial charge in [0.2, 0.25) is 0 Å². The summed E-state index contributed by atoms with van der Waals surface area (Å²) in [6, 6.07) is 3.83. The van der Waals surface area contributed by atoms with Gasteiger partial charge in [-0.25, -0.2) is 4.98 Å². The zero-order chi connectivity index (χ0) is 13.2. The molecule has 0 aliphatic carbocycles. The fourth-order valence-electron chi connectivity index (χ4n) is 1.98. The zero-order valence-electron chi connectivity index (χ0n) is 10.9. The van der Waals surface area contributed by atoms with Crippen LogP contribution in [-0.4, -0.2) is 34.4 Å². The second kappa shape index (κ2) is 5.18. The highest BCUT2D eigenvalue weighted by molar-refractivity contribution is 8.00. The molecule has 0 atom stereocenters. The first kappa shape index (κ1) is 13.2. The lowest BCUT2D eigenvalue weighted by Crippen LogP contribution is -2.27. The molecule has 98 valence electrons. The minimum atomic E-state index is 0.0709. The van der Waals surface area contributed by atoms with E-state index in [9.17, 15) is 0 Å². The van der Waals surface area contributed by atoms with Gasteiger partial charge in [-0.15, -0.1) is 0 Å². The number of hydrogen-bond acceptors (Lipinski definition) is 4. The molecule has 1 aliphatic heterocycles. The van der Waals surface area contributed by atoms with Crippen LogP contribution in [0.1, 0.15) is 25.8 Å². The van der Waals surface area contributed by atoms with Crippen LogP contribution in [0, 0.1) is 5.41 Å². The molecule has 4 nitrogen and oxygen atoms in total. The number of rotatable bonds is 2. The van der Waals surface area contributed by atoms with E-state index in [0.29, 0.717) is 10.3 Å². The topological polar surface area (TPSA) is 66.0 Å². The van der Waals surface area contributed by atoms with E-state index in [1.807, 2.05) is 23.9 Å². The highest BCUT2D eigenvalue weighted by Gasteiger charge is 2.24. The van der Waals surface area contributed by atoms with Crippen molar-refractivity contribution in [3.05, 3.63) is 23.9 Å². The quantitative estimate of drug-likeness (QED) is 0.634. The van der Waals surface area contributed by atoms with E-state index in [-0.39, 0.29) is 5.84 Å². The smallest absolute Gasteiger partial charge is 0.128 e. The third kappa shape index (κ3) is 3.16. The largest absolute Gasteiger partial charge is 0.384 e. The first-order valence-electron chi connectivity index (χ1n) is 6.17. The standard InChI is InChI=1S/C13H20N4S/c1-13(2)5-6-17(7-8-18-13)11-4-3-10(9-16-11)12(14)15/h3-4,9H,5-8H2,1-2H3,(H3,14,15). The third-order valence-corrected chi connectivity index (χ3v) is 4.59. The van der Waals surface area contributed by atoms with E-state index < -0.39 is 0 Å². The molecule has 0 radical (unpaired) electrons. The van der Waals surface area contributed by atoms with Gasteiger partial charge in [-0.2, -0.15) is 11.8 Å². The summed E-state index contributed by atoms with van der Waals surface area (Å²) in [6.45, 7) is 6.66. The molecule has 18 heavy (non-hydrogen) atoms. The number of anilines is 1. The van der Waals surface area contributed by atoms with Crippen LogP contribution in [0.2, 0.25) is 0 Å². The van der Waals surface area contributed by atoms with Crippen molar-refractivity contribution in [2.24, 2.45) is 5.73 Å². The van der Waals surface area contributed by atoms with Gasteiger partial charge in [0.1, 0.15) is 11.7 Å². The maximum atomic E-state index is 7.36. The van der Waals surface area contributed by atoms with Crippen molar-refractivity contribution >= 4 is 23.4 Å². The second-order valence-corrected chi connectivity index (χ2v) is 6.97. The minimum Gasteiger partial charge on any atom is -0.384 e. The summed E-state index contributed by atoms with van der Waals surface area (Å²) in [5, 5.41) is 7.36. The molecule has 0 saturated carbocycles. The van der Waals surface area contributed by atoms with E-state index in [2.05, 4.69) is 23.7 Å². The number of pyridine rings is 1. The summed E-state index contributed by atoms with van der Waals surface area (Å²) in [4.78, 5) is 6.72. The number of amidine groups is 1. The van der Waals surface area contributed by atoms with Crippen molar-refractivity contribution in [3.63, 3.8) is 0 Å². The number of nitrogens with one attached hydrogen (secondary N) is 1. The molecule has 1 aromatic rings. The molecule has 2 rings (SSSR count). The molecule has 1 aliphatic rings. The van der Waals surface area contributed by atoms with Gasteiger partial charge in [-0.1, -0.05) is 13.8 Å². The molecular formula is C13H20N4S. The summed E-state index contributed by atoms with van der Waals surface area (Å²) in [5.41, 5.74) is 6.11. The van der Waals surface area contributed by atoms with Crippen LogP contribution in [0.25, 0.3) is 0 Å². The van der Waals surface area contributed by atoms with Gasteiger partial charge in [0.15, 0.2) is 0 Å². The van der Waals surface area contributed by atoms with Gasteiger partial charge in [0, 0.05) is 35.3 Å². The summed E-state index contributed by atoms with van der Waals surface area (Å²) in [5.74, 6) is 2.18. The molecule has 0 bridgehead atoms. The molecule has 1 fully saturated rings. The maximum Gasteiger partial charge on any atom is 0.128 e. The normalized spacial score (nSPS) is 19.3. The fraction of sp³-hybridized carbons (Fsp3) is 0.538. The number of nitrogens with two attached hydrogens (primary N) is 1. The molecule has 1 saturated heterocycles. The Bertz CT molecular complexity index is 427. The van der Waals surface area contributed by atoms with Gasteiger partial charge in [-0.3, -0.25) is 5.41 Å². The van der Waals surface area contributed by atoms with Gasteiger partial charge in [0.25, 0.3) is 0 Å². The number of nitrogen functional groups attached to an aromatic ring is 1. The lowest BCUT2D eigenvalue weighted by atomic mass is 10.1. The predicted molar refractivity (Wildman–Crippen MR) is 78.6 cm³/mol. The van der Waals surface area contributed by atoms with E-state index >= 15 is 0 Å². The van der Waals surface area contributed by atoms with Gasteiger partial charge in [0.05, 0.1) is 0 Å². The van der Waals surface area contributed by atoms with Crippen molar-refractivity contribution in [2.75, 3.05) is 23.7 Å². The Morgan fingerprint density at radius 2 is 2.22 bits per heavy atom. The highest BCUT2D eigenvalue weighted by Crippen LogP contribution is 2.31. The number of aromatic nitrogens is 1. The fourth-order valence-corrected chi connectivity index (χ4v) is 3.08. The molecule has 2 heterocycles. The maximum absolute atomic E-state index is 7.36. The Balaban J connectivity index is 2.09. The van der Waals surface area contributed by atoms with Gasteiger partial charge in [-0.05, 0) is 18.6 Å². The Morgan fingerprint density at radius 3 is 2.83 bits per heavy atom. The minimum absolute atomic E-state index is 0.0709. The SMILES string of the molecule is CC1(C)CCN(c2ccc(C(=N)N)cn2)CCS1. The van der Waals surface area contributed by atoms with Crippen LogP contribution in [0.5, 0.6) is 0 Å². The molecule has 0 unspecified atom stereocenters. The third-order valence-electron chi connectivity index (χ3n) is 3.22. The summed E-state index contributed by atoms with van der Waals surface area (Å²) >= 11 is 2.02. The average molecular weight is 264 g/mol. The van der Waals surface area contributed by atoms with Crippen LogP contribution in [0.3, 0.4) is 0 Å². The molecule has 0 aromatic carbocycles. The van der Waals surface area contributed by atoms with E-state index in [1.165, 1.54) is 0 Å². The molecule has 3 N–H and O–H groups in total. The second-order valence-electron chi connectivity index (χ2n) is 5.16. The van der Waals surface area contributed by atoms with Crippen molar-refractivity contribution in [3.8, 4) is 0 Å². The highest BCUT2D eigenvalue weighted by atomic mass is 32.2. The predicted octanol–water partition coefficient (Wildman–Crippen LogP) is 2.09. The van der Waals surface area contributed by atoms with Crippen molar-refractivity contribution < 1.29 is 0 Å². The van der Waals surface area contributed by atoms with E-state index in [4.69, 9.17) is 11.1 Å². The monoisotopic (exact) mass is 264 g/mol. The molecular weight excluding hydrogens is 244 g/mol. The Morgan fingerprint density at radius 1 is 1.44 bits per heavy atom. The van der Waals surface area contributed by atoms with Crippen LogP contribution in [-0.2, 0) is 0 Å². The van der Waals surface area contributed by atoms with Crippen LogP contribution in [0.15, 0.2) is 18.3 Å². The molecule has 0 spiro atoms. The summed E-state index contributed by atoms with van der Waals surface area (Å²) in [6.07, 6.45) is 2.84.